The molecule has 0 N–H and O–H groups in total. The van der Waals surface area contributed by atoms with Crippen LogP contribution < -0.4 is 4.74 Å². The van der Waals surface area contributed by atoms with Gasteiger partial charge in [0.1, 0.15) is 11.4 Å². The summed E-state index contributed by atoms with van der Waals surface area (Å²) in [6.07, 6.45) is 1.01. The van der Waals surface area contributed by atoms with Crippen LogP contribution >= 0.6 is 12.6 Å². The lowest BCUT2D eigenvalue weighted by Gasteiger charge is -2.36. The number of hydrogen-bond acceptors (Lipinski definition) is 4. The molecule has 0 aliphatic carbocycles. The molecule has 0 heterocycles. The molecule has 1 atom stereocenters. The predicted molar refractivity (Wildman–Crippen MR) is 139 cm³/mol. The molecule has 0 fully saturated rings. The maximum atomic E-state index is 6.82. The van der Waals surface area contributed by atoms with Crippen molar-refractivity contribution in [2.75, 3.05) is 26.9 Å². The third-order valence-electron chi connectivity index (χ3n) is 5.66. The Morgan fingerprint density at radius 3 is 1.73 bits per heavy atom. The van der Waals surface area contributed by atoms with E-state index in [0.29, 0.717) is 13.2 Å². The lowest BCUT2D eigenvalue weighted by molar-refractivity contribution is 0.00152. The first kappa shape index (κ1) is 25.4. The summed E-state index contributed by atoms with van der Waals surface area (Å²) in [6.45, 7) is 8.37. The smallest absolute Gasteiger partial charge is 0.143 e. The number of thiol groups is 1. The molecule has 4 heteroatoms. The minimum Gasteiger partial charge on any atom is -0.497 e. The van der Waals surface area contributed by atoms with Crippen molar-refractivity contribution >= 4 is 12.6 Å². The molecule has 0 aromatic heterocycles. The van der Waals surface area contributed by atoms with Gasteiger partial charge in [-0.25, -0.2) is 0 Å². The Morgan fingerprint density at radius 1 is 0.727 bits per heavy atom. The number of hydrogen-bond donors (Lipinski definition) is 1. The molecule has 0 amide bonds. The molecule has 0 aliphatic rings. The maximum absolute atomic E-state index is 6.82. The summed E-state index contributed by atoms with van der Waals surface area (Å²) in [4.78, 5) is 0. The SMILES string of the molecule is COc1ccc(C(OC[C@H](S)COCCC(C)(C)C)(c2ccccc2)c2ccccc2)cc1. The van der Waals surface area contributed by atoms with E-state index in [0.717, 1.165) is 35.5 Å². The first-order valence-corrected chi connectivity index (χ1v) is 12.0. The largest absolute Gasteiger partial charge is 0.497 e. The fourth-order valence-corrected chi connectivity index (χ4v) is 3.97. The summed E-state index contributed by atoms with van der Waals surface area (Å²) in [5.74, 6) is 0.813. The number of rotatable bonds is 11. The number of ether oxygens (including phenoxy) is 3. The van der Waals surface area contributed by atoms with Gasteiger partial charge in [-0.3, -0.25) is 0 Å². The summed E-state index contributed by atoms with van der Waals surface area (Å²) >= 11 is 4.79. The first-order valence-electron chi connectivity index (χ1n) is 11.5. The van der Waals surface area contributed by atoms with Crippen molar-refractivity contribution in [1.29, 1.82) is 0 Å². The standard InChI is InChI=1S/C29H36O3S/c1-28(2,3)19-20-31-21-27(33)22-32-29(23-11-7-5-8-12-23,24-13-9-6-10-14-24)25-15-17-26(30-4)18-16-25/h5-18,27,33H,19-22H2,1-4H3/t27-/m1/s1. The van der Waals surface area contributed by atoms with E-state index in [1.807, 2.05) is 48.5 Å². The van der Waals surface area contributed by atoms with Gasteiger partial charge in [0.15, 0.2) is 0 Å². The molecule has 0 saturated carbocycles. The van der Waals surface area contributed by atoms with Crippen LogP contribution in [-0.4, -0.2) is 32.2 Å². The van der Waals surface area contributed by atoms with E-state index in [-0.39, 0.29) is 10.7 Å². The van der Waals surface area contributed by atoms with Gasteiger partial charge in [-0.05, 0) is 40.7 Å². The third kappa shape index (κ3) is 6.86. The molecule has 3 aromatic carbocycles. The number of benzene rings is 3. The Kier molecular flexibility index (Phi) is 9.02. The zero-order valence-corrected chi connectivity index (χ0v) is 21.1. The quantitative estimate of drug-likeness (QED) is 0.193. The second-order valence-electron chi connectivity index (χ2n) is 9.49. The van der Waals surface area contributed by atoms with E-state index in [2.05, 4.69) is 57.2 Å². The molecule has 33 heavy (non-hydrogen) atoms. The molecule has 3 aromatic rings. The van der Waals surface area contributed by atoms with Gasteiger partial charge in [0.05, 0.1) is 20.3 Å². The Balaban J connectivity index is 1.91. The molecule has 0 bridgehead atoms. The van der Waals surface area contributed by atoms with E-state index in [4.69, 9.17) is 26.8 Å². The third-order valence-corrected chi connectivity index (χ3v) is 5.95. The molecule has 0 unspecified atom stereocenters. The average molecular weight is 465 g/mol. The van der Waals surface area contributed by atoms with Crippen molar-refractivity contribution in [3.63, 3.8) is 0 Å². The van der Waals surface area contributed by atoms with Crippen molar-refractivity contribution in [2.45, 2.75) is 38.0 Å². The second kappa shape index (κ2) is 11.7. The highest BCUT2D eigenvalue weighted by molar-refractivity contribution is 7.81. The highest BCUT2D eigenvalue weighted by Crippen LogP contribution is 2.41. The lowest BCUT2D eigenvalue weighted by atomic mass is 9.80. The molecule has 176 valence electrons. The van der Waals surface area contributed by atoms with Crippen LogP contribution in [0.25, 0.3) is 0 Å². The normalized spacial score (nSPS) is 13.0. The lowest BCUT2D eigenvalue weighted by Crippen LogP contribution is -2.35. The van der Waals surface area contributed by atoms with Crippen molar-refractivity contribution in [2.24, 2.45) is 5.41 Å². The van der Waals surface area contributed by atoms with E-state index >= 15 is 0 Å². The van der Waals surface area contributed by atoms with Gasteiger partial charge in [0.25, 0.3) is 0 Å². The Hall–Kier alpha value is -2.27. The zero-order chi connectivity index (χ0) is 23.7. The van der Waals surface area contributed by atoms with Crippen molar-refractivity contribution in [3.05, 3.63) is 102 Å². The summed E-state index contributed by atoms with van der Waals surface area (Å²) in [5, 5.41) is -0.0463. The van der Waals surface area contributed by atoms with Crippen LogP contribution in [0.3, 0.4) is 0 Å². The molecule has 0 saturated heterocycles. The zero-order valence-electron chi connectivity index (χ0n) is 20.2. The van der Waals surface area contributed by atoms with Gasteiger partial charge in [0.2, 0.25) is 0 Å². The molecule has 3 rings (SSSR count). The van der Waals surface area contributed by atoms with E-state index in [9.17, 15) is 0 Å². The highest BCUT2D eigenvalue weighted by Gasteiger charge is 2.38. The Bertz CT molecular complexity index is 910. The summed E-state index contributed by atoms with van der Waals surface area (Å²) < 4.78 is 18.1. The van der Waals surface area contributed by atoms with Crippen LogP contribution in [0.2, 0.25) is 0 Å². The van der Waals surface area contributed by atoms with Crippen LogP contribution in [0.4, 0.5) is 0 Å². The van der Waals surface area contributed by atoms with Gasteiger partial charge in [-0.1, -0.05) is 93.6 Å². The molecule has 0 spiro atoms. The first-order chi connectivity index (χ1) is 15.8. The molecular weight excluding hydrogens is 428 g/mol. The summed E-state index contributed by atoms with van der Waals surface area (Å²) in [5.41, 5.74) is 2.65. The van der Waals surface area contributed by atoms with Crippen molar-refractivity contribution < 1.29 is 14.2 Å². The molecule has 0 aliphatic heterocycles. The minimum absolute atomic E-state index is 0.0463. The number of methoxy groups -OCH3 is 1. The average Bonchev–Trinajstić information content (AvgIpc) is 2.83. The molecular formula is C29H36O3S. The topological polar surface area (TPSA) is 27.7 Å². The van der Waals surface area contributed by atoms with Crippen LogP contribution in [0.15, 0.2) is 84.9 Å². The van der Waals surface area contributed by atoms with Crippen LogP contribution in [0.5, 0.6) is 5.75 Å². The van der Waals surface area contributed by atoms with E-state index in [1.54, 1.807) is 7.11 Å². The van der Waals surface area contributed by atoms with E-state index in [1.165, 1.54) is 0 Å². The van der Waals surface area contributed by atoms with Crippen molar-refractivity contribution in [3.8, 4) is 5.75 Å². The summed E-state index contributed by atoms with van der Waals surface area (Å²) in [7, 11) is 1.68. The molecule has 0 radical (unpaired) electrons. The van der Waals surface area contributed by atoms with Crippen molar-refractivity contribution in [1.82, 2.24) is 0 Å². The van der Waals surface area contributed by atoms with Gasteiger partial charge in [0, 0.05) is 11.9 Å². The maximum Gasteiger partial charge on any atom is 0.143 e. The fraction of sp³-hybridized carbons (Fsp3) is 0.379. The monoisotopic (exact) mass is 464 g/mol. The highest BCUT2D eigenvalue weighted by atomic mass is 32.1. The van der Waals surface area contributed by atoms with Gasteiger partial charge in [-0.2, -0.15) is 12.6 Å². The minimum atomic E-state index is -0.777. The second-order valence-corrected chi connectivity index (χ2v) is 10.2. The van der Waals surface area contributed by atoms with Gasteiger partial charge in [-0.15, -0.1) is 0 Å². The van der Waals surface area contributed by atoms with Gasteiger partial charge < -0.3 is 14.2 Å². The van der Waals surface area contributed by atoms with Crippen LogP contribution in [0, 0.1) is 5.41 Å². The predicted octanol–water partition coefficient (Wildman–Crippen LogP) is 6.75. The fourth-order valence-electron chi connectivity index (χ4n) is 3.79. The Morgan fingerprint density at radius 2 is 1.24 bits per heavy atom. The molecule has 3 nitrogen and oxygen atoms in total. The summed E-state index contributed by atoms with van der Waals surface area (Å²) in [6, 6.07) is 28.8. The Labute approximate surface area is 204 Å². The van der Waals surface area contributed by atoms with Gasteiger partial charge >= 0.3 is 0 Å². The van der Waals surface area contributed by atoms with Crippen LogP contribution in [0.1, 0.15) is 43.9 Å². The van der Waals surface area contributed by atoms with Crippen LogP contribution in [-0.2, 0) is 15.1 Å². The van der Waals surface area contributed by atoms with E-state index < -0.39 is 5.60 Å².